The number of benzene rings is 2. The summed E-state index contributed by atoms with van der Waals surface area (Å²) in [6.45, 7) is 1.63. The average Bonchev–Trinajstić information content (AvgIpc) is 3.01. The van der Waals surface area contributed by atoms with E-state index < -0.39 is 4.92 Å². The highest BCUT2D eigenvalue weighted by Crippen LogP contribution is 2.12. The molecule has 25 heavy (non-hydrogen) atoms. The Bertz CT molecular complexity index is 928. The summed E-state index contributed by atoms with van der Waals surface area (Å²) in [7, 11) is 0. The molecule has 1 aromatic heterocycles. The van der Waals surface area contributed by atoms with Crippen LogP contribution in [0.2, 0.25) is 0 Å². The van der Waals surface area contributed by atoms with Crippen molar-refractivity contribution in [3.63, 3.8) is 0 Å². The fraction of sp³-hybridized carbons (Fsp3) is 0.125. The number of nitro benzene ring substituents is 1. The number of carbonyl (C=O) groups is 1. The third-order valence-electron chi connectivity index (χ3n) is 3.46. The minimum absolute atomic E-state index is 0.00240. The molecule has 9 nitrogen and oxygen atoms in total. The Labute approximate surface area is 142 Å². The minimum Gasteiger partial charge on any atom is -0.271 e. The summed E-state index contributed by atoms with van der Waals surface area (Å²) in [6.07, 6.45) is 0. The molecule has 1 amide bonds. The first kappa shape index (κ1) is 16.2. The summed E-state index contributed by atoms with van der Waals surface area (Å²) in [6, 6.07) is 13.2. The maximum atomic E-state index is 12.0. The highest BCUT2D eigenvalue weighted by Gasteiger charge is 2.08. The van der Waals surface area contributed by atoms with Gasteiger partial charge in [-0.15, -0.1) is 0 Å². The van der Waals surface area contributed by atoms with Crippen molar-refractivity contribution < 1.29 is 9.72 Å². The van der Waals surface area contributed by atoms with Gasteiger partial charge in [0.15, 0.2) is 0 Å². The summed E-state index contributed by atoms with van der Waals surface area (Å²) in [5, 5.41) is 23.0. The molecule has 0 aliphatic heterocycles. The number of nitro groups is 1. The third kappa shape index (κ3) is 3.83. The van der Waals surface area contributed by atoms with Crippen LogP contribution >= 0.6 is 0 Å². The molecule has 0 unspecified atom stereocenters. The topological polar surface area (TPSA) is 115 Å². The first-order valence-electron chi connectivity index (χ1n) is 7.41. The molecule has 9 heteroatoms. The Hall–Kier alpha value is -3.62. The van der Waals surface area contributed by atoms with E-state index in [2.05, 4.69) is 20.7 Å². The molecule has 0 aliphatic carbocycles. The molecular weight excluding hydrogens is 324 g/mol. The van der Waals surface area contributed by atoms with Crippen molar-refractivity contribution in [1.29, 1.82) is 0 Å². The van der Waals surface area contributed by atoms with E-state index >= 15 is 0 Å². The number of hydrogen-bond donors (Lipinski definition) is 1. The van der Waals surface area contributed by atoms with Crippen LogP contribution in [0.3, 0.4) is 0 Å². The van der Waals surface area contributed by atoms with Crippen molar-refractivity contribution in [3.05, 3.63) is 64.2 Å². The van der Waals surface area contributed by atoms with Crippen LogP contribution in [0, 0.1) is 10.1 Å². The summed E-state index contributed by atoms with van der Waals surface area (Å²) in [4.78, 5) is 23.4. The highest BCUT2D eigenvalue weighted by molar-refractivity contribution is 5.99. The van der Waals surface area contributed by atoms with Gasteiger partial charge in [0.1, 0.15) is 17.6 Å². The number of aromatic nitrogens is 3. The van der Waals surface area contributed by atoms with Crippen LogP contribution in [0.25, 0.3) is 11.0 Å². The SMILES string of the molecule is C/C(=N/NC(=O)Cn1nc2ccccc2n1)c1ccc([N+](=O)[O-])cc1. The normalized spacial score (nSPS) is 11.5. The molecule has 0 atom stereocenters. The molecule has 1 N–H and O–H groups in total. The van der Waals surface area contributed by atoms with Gasteiger partial charge < -0.3 is 0 Å². The minimum atomic E-state index is -0.473. The lowest BCUT2D eigenvalue weighted by Gasteiger charge is -2.02. The van der Waals surface area contributed by atoms with Crippen LogP contribution in [0.4, 0.5) is 5.69 Å². The Morgan fingerprint density at radius 3 is 2.32 bits per heavy atom. The number of hydrazone groups is 1. The number of hydrogen-bond acceptors (Lipinski definition) is 6. The number of nitrogens with zero attached hydrogens (tertiary/aromatic N) is 5. The van der Waals surface area contributed by atoms with Gasteiger partial charge >= 0.3 is 0 Å². The van der Waals surface area contributed by atoms with E-state index in [0.29, 0.717) is 22.3 Å². The van der Waals surface area contributed by atoms with Gasteiger partial charge in [0, 0.05) is 12.1 Å². The number of non-ortho nitro benzene ring substituents is 1. The molecular formula is C16H14N6O3. The predicted molar refractivity (Wildman–Crippen MR) is 91.0 cm³/mol. The van der Waals surface area contributed by atoms with Crippen LogP contribution in [0.1, 0.15) is 12.5 Å². The second-order valence-electron chi connectivity index (χ2n) is 5.26. The number of rotatable bonds is 5. The molecule has 2 aromatic carbocycles. The average molecular weight is 338 g/mol. The fourth-order valence-corrected chi connectivity index (χ4v) is 2.17. The van der Waals surface area contributed by atoms with Gasteiger partial charge in [-0.3, -0.25) is 14.9 Å². The Morgan fingerprint density at radius 2 is 1.76 bits per heavy atom. The monoisotopic (exact) mass is 338 g/mol. The number of fused-ring (bicyclic) bond motifs is 1. The quantitative estimate of drug-likeness (QED) is 0.433. The Balaban J connectivity index is 1.63. The lowest BCUT2D eigenvalue weighted by molar-refractivity contribution is -0.384. The molecule has 0 fully saturated rings. The van der Waals surface area contributed by atoms with Gasteiger partial charge in [0.25, 0.3) is 11.6 Å². The van der Waals surface area contributed by atoms with E-state index in [1.807, 2.05) is 24.3 Å². The van der Waals surface area contributed by atoms with E-state index in [-0.39, 0.29) is 18.1 Å². The van der Waals surface area contributed by atoms with Crippen LogP contribution in [0.15, 0.2) is 53.6 Å². The first-order valence-corrected chi connectivity index (χ1v) is 7.41. The molecule has 126 valence electrons. The number of carbonyl (C=O) groups excluding carboxylic acids is 1. The maximum absolute atomic E-state index is 12.0. The van der Waals surface area contributed by atoms with E-state index in [1.165, 1.54) is 16.9 Å². The van der Waals surface area contributed by atoms with Crippen molar-refractivity contribution in [3.8, 4) is 0 Å². The van der Waals surface area contributed by atoms with Crippen molar-refractivity contribution in [1.82, 2.24) is 20.4 Å². The zero-order valence-corrected chi connectivity index (χ0v) is 13.3. The Kier molecular flexibility index (Phi) is 4.46. The first-order chi connectivity index (χ1) is 12.0. The van der Waals surface area contributed by atoms with Crippen LogP contribution in [-0.2, 0) is 11.3 Å². The van der Waals surface area contributed by atoms with Crippen molar-refractivity contribution in [2.45, 2.75) is 13.5 Å². The zero-order chi connectivity index (χ0) is 17.8. The molecule has 0 radical (unpaired) electrons. The molecule has 3 aromatic rings. The smallest absolute Gasteiger partial charge is 0.269 e. The molecule has 0 saturated carbocycles. The second-order valence-corrected chi connectivity index (χ2v) is 5.26. The second kappa shape index (κ2) is 6.87. The molecule has 1 heterocycles. The standard InChI is InChI=1S/C16H14N6O3/c1-11(12-6-8-13(9-7-12)22(24)25)17-18-16(23)10-21-19-14-4-2-3-5-15(14)20-21/h2-9H,10H2,1H3,(H,18,23)/b17-11-. The van der Waals surface area contributed by atoms with Crippen molar-refractivity contribution >= 4 is 28.3 Å². The van der Waals surface area contributed by atoms with Gasteiger partial charge in [0.05, 0.1) is 10.6 Å². The predicted octanol–water partition coefficient (Wildman–Crippen LogP) is 1.88. The maximum Gasteiger partial charge on any atom is 0.269 e. The summed E-state index contributed by atoms with van der Waals surface area (Å²) in [5.41, 5.74) is 5.05. The largest absolute Gasteiger partial charge is 0.271 e. The van der Waals surface area contributed by atoms with Crippen molar-refractivity contribution in [2.75, 3.05) is 0 Å². The van der Waals surface area contributed by atoms with E-state index in [1.54, 1.807) is 19.1 Å². The van der Waals surface area contributed by atoms with Gasteiger partial charge in [-0.25, -0.2) is 5.43 Å². The number of nitrogens with one attached hydrogen (secondary N) is 1. The molecule has 0 aliphatic rings. The summed E-state index contributed by atoms with van der Waals surface area (Å²) < 4.78 is 0. The van der Waals surface area contributed by atoms with Gasteiger partial charge in [-0.1, -0.05) is 12.1 Å². The molecule has 0 bridgehead atoms. The molecule has 3 rings (SSSR count). The third-order valence-corrected chi connectivity index (χ3v) is 3.46. The van der Waals surface area contributed by atoms with Crippen LogP contribution in [-0.4, -0.2) is 31.5 Å². The highest BCUT2D eigenvalue weighted by atomic mass is 16.6. The van der Waals surface area contributed by atoms with E-state index in [9.17, 15) is 14.9 Å². The van der Waals surface area contributed by atoms with E-state index in [4.69, 9.17) is 0 Å². The molecule has 0 saturated heterocycles. The molecule has 0 spiro atoms. The van der Waals surface area contributed by atoms with Crippen LogP contribution < -0.4 is 5.43 Å². The van der Waals surface area contributed by atoms with Crippen molar-refractivity contribution in [2.24, 2.45) is 5.10 Å². The van der Waals surface area contributed by atoms with Gasteiger partial charge in [0.2, 0.25) is 0 Å². The van der Waals surface area contributed by atoms with Gasteiger partial charge in [-0.2, -0.15) is 20.1 Å². The summed E-state index contributed by atoms with van der Waals surface area (Å²) >= 11 is 0. The number of amides is 1. The lowest BCUT2D eigenvalue weighted by Crippen LogP contribution is -2.25. The zero-order valence-electron chi connectivity index (χ0n) is 13.3. The summed E-state index contributed by atoms with van der Waals surface area (Å²) in [5.74, 6) is -0.374. The van der Waals surface area contributed by atoms with Gasteiger partial charge in [-0.05, 0) is 36.8 Å². The lowest BCUT2D eigenvalue weighted by atomic mass is 10.1. The van der Waals surface area contributed by atoms with Crippen LogP contribution in [0.5, 0.6) is 0 Å². The Morgan fingerprint density at radius 1 is 1.16 bits per heavy atom. The van der Waals surface area contributed by atoms with E-state index in [0.717, 1.165) is 0 Å². The fourth-order valence-electron chi connectivity index (χ4n) is 2.17.